The highest BCUT2D eigenvalue weighted by molar-refractivity contribution is 6.66. The Morgan fingerprint density at radius 1 is 1.22 bits per heavy atom. The van der Waals surface area contributed by atoms with Gasteiger partial charge in [0.1, 0.15) is 5.70 Å². The second kappa shape index (κ2) is 4.66. The number of nitrogens with zero attached hydrogens (tertiary/aromatic N) is 1. The standard InChI is InChI=1S/C11H10BNO5/c1-17-9-3-6-7(4-10(9)18-2)13-8(5-14)11(6)12(15)16/h3-4,15-16H,1-2H3. The highest BCUT2D eigenvalue weighted by Gasteiger charge is 2.26. The average Bonchev–Trinajstić information content (AvgIpc) is 2.74. The van der Waals surface area contributed by atoms with E-state index in [4.69, 9.17) is 9.47 Å². The minimum absolute atomic E-state index is 0.0148. The SMILES string of the molecule is COc1cc2c(cc1OC)=C(B(O)O)C(=C=O)N=2. The van der Waals surface area contributed by atoms with Crippen molar-refractivity contribution in [2.24, 2.45) is 4.99 Å². The number of fused-ring (bicyclic) bond motifs is 1. The van der Waals surface area contributed by atoms with Gasteiger partial charge in [0.05, 0.1) is 19.6 Å². The predicted octanol–water partition coefficient (Wildman–Crippen LogP) is -1.78. The molecule has 6 nitrogen and oxygen atoms in total. The van der Waals surface area contributed by atoms with E-state index in [1.165, 1.54) is 20.3 Å². The molecule has 1 aliphatic rings. The van der Waals surface area contributed by atoms with Crippen LogP contribution in [-0.4, -0.2) is 37.3 Å². The summed E-state index contributed by atoms with van der Waals surface area (Å²) in [4.78, 5) is 14.7. The number of hydrogen-bond donors (Lipinski definition) is 2. The van der Waals surface area contributed by atoms with Crippen LogP contribution in [0.3, 0.4) is 0 Å². The Balaban J connectivity index is 2.86. The molecular formula is C11H10BNO5. The fraction of sp³-hybridized carbons (Fsp3) is 0.182. The van der Waals surface area contributed by atoms with E-state index < -0.39 is 7.12 Å². The summed E-state index contributed by atoms with van der Waals surface area (Å²) in [6.07, 6.45) is 0. The van der Waals surface area contributed by atoms with Gasteiger partial charge in [-0.2, -0.15) is 0 Å². The van der Waals surface area contributed by atoms with E-state index in [2.05, 4.69) is 4.99 Å². The van der Waals surface area contributed by atoms with Gasteiger partial charge in [-0.25, -0.2) is 9.79 Å². The van der Waals surface area contributed by atoms with E-state index in [0.717, 1.165) is 0 Å². The Morgan fingerprint density at radius 3 is 2.33 bits per heavy atom. The first-order valence-corrected chi connectivity index (χ1v) is 5.09. The molecule has 0 saturated carbocycles. The van der Waals surface area contributed by atoms with Crippen LogP contribution in [0.15, 0.2) is 22.8 Å². The average molecular weight is 247 g/mol. The van der Waals surface area contributed by atoms with Crippen LogP contribution in [0.2, 0.25) is 0 Å². The zero-order chi connectivity index (χ0) is 13.3. The van der Waals surface area contributed by atoms with Gasteiger partial charge in [0.15, 0.2) is 17.4 Å². The molecule has 1 aromatic carbocycles. The Kier molecular flexibility index (Phi) is 3.20. The van der Waals surface area contributed by atoms with Gasteiger partial charge in [-0.1, -0.05) is 0 Å². The number of methoxy groups -OCH3 is 2. The van der Waals surface area contributed by atoms with Crippen molar-refractivity contribution in [2.75, 3.05) is 14.2 Å². The van der Waals surface area contributed by atoms with Crippen molar-refractivity contribution in [1.29, 1.82) is 0 Å². The fourth-order valence-electron chi connectivity index (χ4n) is 1.82. The maximum atomic E-state index is 10.7. The molecule has 1 aromatic rings. The summed E-state index contributed by atoms with van der Waals surface area (Å²) in [5.74, 6) is 2.44. The number of benzene rings is 1. The summed E-state index contributed by atoms with van der Waals surface area (Å²) in [7, 11) is 1.13. The zero-order valence-electron chi connectivity index (χ0n) is 9.80. The summed E-state index contributed by atoms with van der Waals surface area (Å²) in [5, 5.41) is 19.4. The lowest BCUT2D eigenvalue weighted by atomic mass is 9.77. The Bertz CT molecular complexity index is 661. The molecule has 0 radical (unpaired) electrons. The molecule has 0 unspecified atom stereocenters. The first kappa shape index (κ1) is 12.4. The second-order valence-electron chi connectivity index (χ2n) is 3.57. The first-order chi connectivity index (χ1) is 8.62. The predicted molar refractivity (Wildman–Crippen MR) is 63.1 cm³/mol. The van der Waals surface area contributed by atoms with Gasteiger partial charge >= 0.3 is 7.12 Å². The molecule has 2 rings (SSSR count). The van der Waals surface area contributed by atoms with Gasteiger partial charge < -0.3 is 19.5 Å². The van der Waals surface area contributed by atoms with Crippen LogP contribution in [-0.2, 0) is 4.79 Å². The third-order valence-corrected chi connectivity index (χ3v) is 2.63. The lowest BCUT2D eigenvalue weighted by molar-refractivity contribution is 0.354. The van der Waals surface area contributed by atoms with Gasteiger partial charge in [-0.15, -0.1) is 0 Å². The summed E-state index contributed by atoms with van der Waals surface area (Å²) >= 11 is 0. The molecule has 0 saturated heterocycles. The van der Waals surface area contributed by atoms with Gasteiger partial charge in [-0.05, 0) is 6.07 Å². The first-order valence-electron chi connectivity index (χ1n) is 5.09. The second-order valence-corrected chi connectivity index (χ2v) is 3.57. The Morgan fingerprint density at radius 2 is 1.83 bits per heavy atom. The summed E-state index contributed by atoms with van der Waals surface area (Å²) in [6.45, 7) is 0. The number of rotatable bonds is 3. The molecule has 0 fully saturated rings. The van der Waals surface area contributed by atoms with E-state index in [9.17, 15) is 14.8 Å². The molecule has 0 atom stereocenters. The number of carbonyl (C=O) groups excluding carboxylic acids is 1. The Labute approximate surface area is 103 Å². The van der Waals surface area contributed by atoms with Crippen LogP contribution in [0.1, 0.15) is 0 Å². The van der Waals surface area contributed by atoms with Gasteiger partial charge in [0, 0.05) is 16.8 Å². The number of allylic oxidation sites excluding steroid dienone is 1. The van der Waals surface area contributed by atoms with Crippen molar-refractivity contribution in [3.05, 3.63) is 28.4 Å². The van der Waals surface area contributed by atoms with E-state index in [1.54, 1.807) is 12.0 Å². The third kappa shape index (κ3) is 1.80. The van der Waals surface area contributed by atoms with Crippen molar-refractivity contribution in [3.8, 4) is 11.5 Å². The lowest BCUT2D eigenvalue weighted by Crippen LogP contribution is -2.29. The van der Waals surface area contributed by atoms with E-state index in [-0.39, 0.29) is 11.2 Å². The summed E-state index contributed by atoms with van der Waals surface area (Å²) < 4.78 is 10.2. The fourth-order valence-corrected chi connectivity index (χ4v) is 1.82. The van der Waals surface area contributed by atoms with Crippen molar-refractivity contribution in [3.63, 3.8) is 0 Å². The minimum Gasteiger partial charge on any atom is -0.493 e. The largest absolute Gasteiger partial charge is 0.493 e. The van der Waals surface area contributed by atoms with Crippen LogP contribution in [0, 0.1) is 0 Å². The quantitative estimate of drug-likeness (QED) is 0.486. The lowest BCUT2D eigenvalue weighted by Gasteiger charge is -2.06. The van der Waals surface area contributed by atoms with Crippen LogP contribution in [0.5, 0.6) is 11.5 Å². The van der Waals surface area contributed by atoms with Crippen LogP contribution in [0.4, 0.5) is 0 Å². The van der Waals surface area contributed by atoms with Gasteiger partial charge in [0.2, 0.25) is 0 Å². The van der Waals surface area contributed by atoms with Crippen molar-refractivity contribution < 1.29 is 24.3 Å². The van der Waals surface area contributed by atoms with Crippen molar-refractivity contribution in [2.45, 2.75) is 0 Å². The van der Waals surface area contributed by atoms with Crippen LogP contribution in [0.25, 0.3) is 5.47 Å². The molecule has 0 aliphatic carbocycles. The smallest absolute Gasteiger partial charge is 0.492 e. The van der Waals surface area contributed by atoms with E-state index in [0.29, 0.717) is 22.1 Å². The highest BCUT2D eigenvalue weighted by Crippen LogP contribution is 2.24. The molecule has 7 heteroatoms. The molecular weight excluding hydrogens is 237 g/mol. The van der Waals surface area contributed by atoms with Crippen LogP contribution >= 0.6 is 0 Å². The molecule has 92 valence electrons. The molecule has 1 heterocycles. The molecule has 18 heavy (non-hydrogen) atoms. The molecule has 0 aromatic heterocycles. The maximum Gasteiger partial charge on any atom is 0.492 e. The highest BCUT2D eigenvalue weighted by atomic mass is 16.5. The van der Waals surface area contributed by atoms with E-state index >= 15 is 0 Å². The topological polar surface area (TPSA) is 88.4 Å². The molecule has 2 N–H and O–H groups in total. The van der Waals surface area contributed by atoms with Crippen LogP contribution < -0.4 is 20.0 Å². The zero-order valence-corrected chi connectivity index (χ0v) is 9.80. The van der Waals surface area contributed by atoms with Gasteiger partial charge in [0.25, 0.3) is 0 Å². The van der Waals surface area contributed by atoms with E-state index in [1.807, 2.05) is 0 Å². The van der Waals surface area contributed by atoms with Gasteiger partial charge in [-0.3, -0.25) is 0 Å². The molecule has 1 aliphatic heterocycles. The maximum absolute atomic E-state index is 10.7. The number of ether oxygens (including phenoxy) is 2. The molecule has 0 amide bonds. The van der Waals surface area contributed by atoms with Crippen molar-refractivity contribution >= 4 is 18.5 Å². The number of hydrogen-bond acceptors (Lipinski definition) is 6. The third-order valence-electron chi connectivity index (χ3n) is 2.63. The molecule has 0 spiro atoms. The normalized spacial score (nSPS) is 12.7. The Hall–Kier alpha value is -2.08. The monoisotopic (exact) mass is 247 g/mol. The molecule has 0 bridgehead atoms. The summed E-state index contributed by atoms with van der Waals surface area (Å²) in [6, 6.07) is 3.09. The minimum atomic E-state index is -1.80. The summed E-state index contributed by atoms with van der Waals surface area (Å²) in [5.41, 5.74) is -0.115. The van der Waals surface area contributed by atoms with Crippen molar-refractivity contribution in [1.82, 2.24) is 0 Å².